The SMILES string of the molecule is NCC1CCCCC1NC(=O)CCC1NC(=O)N(c2ccc(Cl)cc2)C1=O. The summed E-state index contributed by atoms with van der Waals surface area (Å²) in [6.07, 6.45) is 4.66. The largest absolute Gasteiger partial charge is 0.353 e. The van der Waals surface area contributed by atoms with Crippen LogP contribution in [-0.4, -0.2) is 36.5 Å². The average Bonchev–Trinajstić information content (AvgIpc) is 2.95. The van der Waals surface area contributed by atoms with Gasteiger partial charge in [0.25, 0.3) is 5.91 Å². The van der Waals surface area contributed by atoms with Crippen molar-refractivity contribution in [3.63, 3.8) is 0 Å². The van der Waals surface area contributed by atoms with Crippen molar-refractivity contribution in [2.45, 2.75) is 50.6 Å². The fourth-order valence-corrected chi connectivity index (χ4v) is 3.92. The smallest absolute Gasteiger partial charge is 0.329 e. The van der Waals surface area contributed by atoms with Gasteiger partial charge in [0.05, 0.1) is 5.69 Å². The number of hydrogen-bond donors (Lipinski definition) is 3. The Labute approximate surface area is 163 Å². The first-order chi connectivity index (χ1) is 13.0. The molecule has 0 radical (unpaired) electrons. The summed E-state index contributed by atoms with van der Waals surface area (Å²) in [7, 11) is 0. The number of imide groups is 1. The number of nitrogens with zero attached hydrogens (tertiary/aromatic N) is 1. The van der Waals surface area contributed by atoms with Crippen LogP contribution in [0.3, 0.4) is 0 Å². The minimum absolute atomic E-state index is 0.104. The van der Waals surface area contributed by atoms with Crippen molar-refractivity contribution in [3.8, 4) is 0 Å². The Kier molecular flexibility index (Phi) is 6.34. The summed E-state index contributed by atoms with van der Waals surface area (Å²) in [6, 6.07) is 5.40. The molecule has 3 unspecified atom stereocenters. The molecule has 3 atom stereocenters. The summed E-state index contributed by atoms with van der Waals surface area (Å²) in [5.41, 5.74) is 6.26. The van der Waals surface area contributed by atoms with E-state index in [0.29, 0.717) is 23.2 Å². The van der Waals surface area contributed by atoms with E-state index in [2.05, 4.69) is 10.6 Å². The molecule has 1 saturated heterocycles. The third kappa shape index (κ3) is 4.59. The molecule has 0 bridgehead atoms. The van der Waals surface area contributed by atoms with Crippen LogP contribution in [0.5, 0.6) is 0 Å². The topological polar surface area (TPSA) is 105 Å². The fourth-order valence-electron chi connectivity index (χ4n) is 3.80. The lowest BCUT2D eigenvalue weighted by Gasteiger charge is -2.31. The van der Waals surface area contributed by atoms with Gasteiger partial charge in [0.2, 0.25) is 5.91 Å². The minimum Gasteiger partial charge on any atom is -0.353 e. The number of carbonyl (C=O) groups excluding carboxylic acids is 3. The van der Waals surface area contributed by atoms with Crippen molar-refractivity contribution in [2.24, 2.45) is 11.7 Å². The molecular weight excluding hydrogens is 368 g/mol. The molecule has 8 heteroatoms. The molecule has 2 fully saturated rings. The lowest BCUT2D eigenvalue weighted by Crippen LogP contribution is -2.45. The van der Waals surface area contributed by atoms with Gasteiger partial charge < -0.3 is 16.4 Å². The van der Waals surface area contributed by atoms with Crippen molar-refractivity contribution in [1.82, 2.24) is 10.6 Å². The molecular formula is C19H25ClN4O3. The van der Waals surface area contributed by atoms with E-state index >= 15 is 0 Å². The second-order valence-corrected chi connectivity index (χ2v) is 7.58. The second-order valence-electron chi connectivity index (χ2n) is 7.15. The second kappa shape index (κ2) is 8.71. The normalized spacial score (nSPS) is 25.4. The number of carbonyl (C=O) groups is 3. The molecule has 1 aliphatic heterocycles. The van der Waals surface area contributed by atoms with Gasteiger partial charge in [-0.1, -0.05) is 24.4 Å². The lowest BCUT2D eigenvalue weighted by atomic mass is 9.84. The number of urea groups is 1. The Morgan fingerprint density at radius 1 is 1.22 bits per heavy atom. The molecule has 3 rings (SSSR count). The standard InChI is InChI=1S/C19H25ClN4O3/c20-13-5-7-14(8-6-13)24-18(26)16(23-19(24)27)9-10-17(25)22-15-4-2-1-3-12(15)11-21/h5-8,12,15-16H,1-4,9-11,21H2,(H,22,25)(H,23,27). The predicted octanol–water partition coefficient (Wildman–Crippen LogP) is 2.18. The third-order valence-corrected chi connectivity index (χ3v) is 5.57. The van der Waals surface area contributed by atoms with Gasteiger partial charge in [-0.25, -0.2) is 9.69 Å². The van der Waals surface area contributed by atoms with Crippen LogP contribution in [0.25, 0.3) is 0 Å². The van der Waals surface area contributed by atoms with Crippen molar-refractivity contribution in [2.75, 3.05) is 11.4 Å². The zero-order chi connectivity index (χ0) is 19.4. The Bertz CT molecular complexity index is 709. The minimum atomic E-state index is -0.699. The number of benzene rings is 1. The molecule has 1 aliphatic carbocycles. The van der Waals surface area contributed by atoms with Gasteiger partial charge >= 0.3 is 6.03 Å². The van der Waals surface area contributed by atoms with E-state index in [4.69, 9.17) is 17.3 Å². The van der Waals surface area contributed by atoms with Crippen molar-refractivity contribution in [1.29, 1.82) is 0 Å². The van der Waals surface area contributed by atoms with Gasteiger partial charge in [0.1, 0.15) is 6.04 Å². The molecule has 0 aromatic heterocycles. The third-order valence-electron chi connectivity index (χ3n) is 5.32. The summed E-state index contributed by atoms with van der Waals surface area (Å²) in [5, 5.41) is 6.22. The number of hydrogen-bond acceptors (Lipinski definition) is 4. The maximum absolute atomic E-state index is 12.6. The first-order valence-corrected chi connectivity index (χ1v) is 9.77. The molecule has 1 aromatic carbocycles. The summed E-state index contributed by atoms with van der Waals surface area (Å²) in [4.78, 5) is 38.1. The first-order valence-electron chi connectivity index (χ1n) is 9.39. The van der Waals surface area contributed by atoms with Gasteiger partial charge in [0.15, 0.2) is 0 Å². The van der Waals surface area contributed by atoms with Crippen molar-refractivity contribution >= 4 is 35.1 Å². The highest BCUT2D eigenvalue weighted by Gasteiger charge is 2.39. The molecule has 1 saturated carbocycles. The van der Waals surface area contributed by atoms with E-state index in [1.807, 2.05) is 0 Å². The van der Waals surface area contributed by atoms with Gasteiger partial charge in [-0.3, -0.25) is 9.59 Å². The highest BCUT2D eigenvalue weighted by Crippen LogP contribution is 2.25. The van der Waals surface area contributed by atoms with Gasteiger partial charge in [-0.2, -0.15) is 0 Å². The fraction of sp³-hybridized carbons (Fsp3) is 0.526. The summed E-state index contributed by atoms with van der Waals surface area (Å²) in [5.74, 6) is -0.143. The predicted molar refractivity (Wildman–Crippen MR) is 103 cm³/mol. The molecule has 27 heavy (non-hydrogen) atoms. The highest BCUT2D eigenvalue weighted by molar-refractivity contribution is 6.30. The van der Waals surface area contributed by atoms with Crippen LogP contribution in [0.2, 0.25) is 5.02 Å². The van der Waals surface area contributed by atoms with E-state index < -0.39 is 12.1 Å². The maximum atomic E-state index is 12.6. The summed E-state index contributed by atoms with van der Waals surface area (Å²) in [6.45, 7) is 0.568. The monoisotopic (exact) mass is 392 g/mol. The number of nitrogens with two attached hydrogens (primary N) is 1. The Balaban J connectivity index is 1.53. The highest BCUT2D eigenvalue weighted by atomic mass is 35.5. The van der Waals surface area contributed by atoms with Crippen molar-refractivity contribution in [3.05, 3.63) is 29.3 Å². The molecule has 0 spiro atoms. The number of halogens is 1. The zero-order valence-electron chi connectivity index (χ0n) is 15.1. The Morgan fingerprint density at radius 3 is 2.63 bits per heavy atom. The number of amides is 4. The maximum Gasteiger partial charge on any atom is 0.329 e. The summed E-state index contributed by atoms with van der Waals surface area (Å²) < 4.78 is 0. The number of nitrogens with one attached hydrogen (secondary N) is 2. The van der Waals surface area contributed by atoms with E-state index in [9.17, 15) is 14.4 Å². The van der Waals surface area contributed by atoms with E-state index in [1.54, 1.807) is 24.3 Å². The van der Waals surface area contributed by atoms with E-state index in [-0.39, 0.29) is 30.7 Å². The zero-order valence-corrected chi connectivity index (χ0v) is 15.9. The first kappa shape index (κ1) is 19.6. The molecule has 146 valence electrons. The average molecular weight is 393 g/mol. The summed E-state index contributed by atoms with van der Waals surface area (Å²) >= 11 is 5.85. The molecule has 1 heterocycles. The van der Waals surface area contributed by atoms with Crippen LogP contribution in [0.15, 0.2) is 24.3 Å². The van der Waals surface area contributed by atoms with Crippen LogP contribution in [0.1, 0.15) is 38.5 Å². The van der Waals surface area contributed by atoms with Gasteiger partial charge in [-0.15, -0.1) is 0 Å². The van der Waals surface area contributed by atoms with Gasteiger partial charge in [0, 0.05) is 17.5 Å². The van der Waals surface area contributed by atoms with Crippen LogP contribution < -0.4 is 21.3 Å². The molecule has 1 aromatic rings. The van der Waals surface area contributed by atoms with Gasteiger partial charge in [-0.05, 0) is 56.0 Å². The van der Waals surface area contributed by atoms with Crippen LogP contribution in [0.4, 0.5) is 10.5 Å². The number of anilines is 1. The number of rotatable bonds is 6. The molecule has 4 N–H and O–H groups in total. The van der Waals surface area contributed by atoms with Crippen LogP contribution in [-0.2, 0) is 9.59 Å². The van der Waals surface area contributed by atoms with Crippen molar-refractivity contribution < 1.29 is 14.4 Å². The Hall–Kier alpha value is -2.12. The Morgan fingerprint density at radius 2 is 1.93 bits per heavy atom. The quantitative estimate of drug-likeness (QED) is 0.645. The molecule has 2 aliphatic rings. The van der Waals surface area contributed by atoms with Crippen LogP contribution in [0, 0.1) is 5.92 Å². The molecule has 7 nitrogen and oxygen atoms in total. The van der Waals surface area contributed by atoms with E-state index in [0.717, 1.165) is 30.6 Å². The van der Waals surface area contributed by atoms with Crippen LogP contribution >= 0.6 is 11.6 Å². The lowest BCUT2D eigenvalue weighted by molar-refractivity contribution is -0.123. The molecule has 4 amide bonds. The van der Waals surface area contributed by atoms with E-state index in [1.165, 1.54) is 0 Å².